The molecule has 3 saturated heterocycles. The van der Waals surface area contributed by atoms with Crippen LogP contribution in [0.3, 0.4) is 0 Å². The van der Waals surface area contributed by atoms with Crippen LogP contribution in [0.15, 0.2) is 42.6 Å². The lowest BCUT2D eigenvalue weighted by molar-refractivity contribution is 0.138. The Hall–Kier alpha value is -3.93. The summed E-state index contributed by atoms with van der Waals surface area (Å²) in [5, 5.41) is 15.5. The first-order chi connectivity index (χ1) is 20.5. The maximum Gasteiger partial charge on any atom is 0.216 e. The van der Waals surface area contributed by atoms with E-state index in [4.69, 9.17) is 21.1 Å². The first-order valence-electron chi connectivity index (χ1n) is 15.1. The van der Waals surface area contributed by atoms with Crippen molar-refractivity contribution >= 4 is 27.5 Å². The van der Waals surface area contributed by atoms with Gasteiger partial charge in [0.25, 0.3) is 0 Å². The van der Waals surface area contributed by atoms with Gasteiger partial charge in [-0.25, -0.2) is 9.37 Å². The van der Waals surface area contributed by atoms with Gasteiger partial charge in [0.1, 0.15) is 23.7 Å². The second-order valence-corrected chi connectivity index (χ2v) is 12.5. The quantitative estimate of drug-likeness (QED) is 0.312. The third kappa shape index (κ3) is 4.34. The average molecular weight is 564 g/mol. The van der Waals surface area contributed by atoms with Gasteiger partial charge in [-0.05, 0) is 86.8 Å². The van der Waals surface area contributed by atoms with Crippen molar-refractivity contribution in [2.24, 2.45) is 0 Å². The number of ether oxygens (including phenoxy) is 1. The van der Waals surface area contributed by atoms with Crippen LogP contribution in [-0.2, 0) is 0 Å². The number of hydrogen-bond donors (Lipinski definition) is 2. The van der Waals surface area contributed by atoms with Gasteiger partial charge in [-0.3, -0.25) is 9.88 Å². The molecule has 7 nitrogen and oxygen atoms in total. The number of likely N-dealkylation sites (tertiary alicyclic amines) is 1. The maximum absolute atomic E-state index is 14.8. The molecule has 4 fully saturated rings. The van der Waals surface area contributed by atoms with Gasteiger partial charge in [-0.1, -0.05) is 12.0 Å². The normalized spacial score (nSPS) is 23.0. The molecule has 8 rings (SSSR count). The number of hydrogen-bond acceptors (Lipinski definition) is 7. The minimum Gasteiger partial charge on any atom is -0.508 e. The predicted octanol–water partition coefficient (Wildman–Crippen LogP) is 5.22. The molecule has 0 radical (unpaired) electrons. The SMILES string of the molecule is C#Cc1c(F)ccc2cc(O)cc(-c3cnc4c(N5CC6CCC(C5)N6)cc(OCC5(N6CCCC6)CC5)nc4c3)c12. The van der Waals surface area contributed by atoms with Crippen LogP contribution < -0.4 is 15.0 Å². The fourth-order valence-electron chi connectivity index (χ4n) is 7.42. The van der Waals surface area contributed by atoms with Gasteiger partial charge in [0.05, 0.1) is 22.3 Å². The van der Waals surface area contributed by atoms with Gasteiger partial charge in [0.15, 0.2) is 0 Å². The van der Waals surface area contributed by atoms with Crippen molar-refractivity contribution in [1.29, 1.82) is 0 Å². The minimum absolute atomic E-state index is 0.0749. The number of anilines is 1. The van der Waals surface area contributed by atoms with Crippen LogP contribution in [0.1, 0.15) is 44.1 Å². The summed E-state index contributed by atoms with van der Waals surface area (Å²) in [5.41, 5.74) is 4.17. The highest BCUT2D eigenvalue weighted by atomic mass is 19.1. The third-order valence-electron chi connectivity index (χ3n) is 9.76. The molecule has 5 heterocycles. The van der Waals surface area contributed by atoms with E-state index in [1.165, 1.54) is 44.6 Å². The molecule has 8 heteroatoms. The van der Waals surface area contributed by atoms with Crippen LogP contribution in [0.5, 0.6) is 11.6 Å². The Morgan fingerprint density at radius 1 is 1.10 bits per heavy atom. The fourth-order valence-corrected chi connectivity index (χ4v) is 7.42. The summed E-state index contributed by atoms with van der Waals surface area (Å²) >= 11 is 0. The Balaban J connectivity index is 1.24. The number of nitrogens with one attached hydrogen (secondary N) is 1. The molecule has 42 heavy (non-hydrogen) atoms. The molecule has 2 bridgehead atoms. The first-order valence-corrected chi connectivity index (χ1v) is 15.1. The molecule has 2 unspecified atom stereocenters. The summed E-state index contributed by atoms with van der Waals surface area (Å²) in [5.74, 6) is 2.72. The lowest BCUT2D eigenvalue weighted by Gasteiger charge is -2.35. The number of pyridine rings is 2. The highest BCUT2D eigenvalue weighted by Crippen LogP contribution is 2.44. The zero-order valence-electron chi connectivity index (χ0n) is 23.6. The van der Waals surface area contributed by atoms with E-state index >= 15 is 0 Å². The summed E-state index contributed by atoms with van der Waals surface area (Å²) in [6.45, 7) is 4.76. The number of rotatable bonds is 6. The number of aromatic nitrogens is 2. The number of benzene rings is 2. The largest absolute Gasteiger partial charge is 0.508 e. The zero-order valence-corrected chi connectivity index (χ0v) is 23.6. The fraction of sp³-hybridized carbons (Fsp3) is 0.412. The van der Waals surface area contributed by atoms with E-state index in [1.54, 1.807) is 24.4 Å². The van der Waals surface area contributed by atoms with Gasteiger partial charge < -0.3 is 20.1 Å². The summed E-state index contributed by atoms with van der Waals surface area (Å²) in [6, 6.07) is 11.2. The zero-order chi connectivity index (χ0) is 28.4. The number of phenolic OH excluding ortho intramolecular Hbond substituents is 1. The Kier molecular flexibility index (Phi) is 6.02. The van der Waals surface area contributed by atoms with Gasteiger partial charge in [-0.15, -0.1) is 6.42 Å². The second kappa shape index (κ2) is 9.82. The van der Waals surface area contributed by atoms with E-state index < -0.39 is 5.82 Å². The van der Waals surface area contributed by atoms with Crippen molar-refractivity contribution in [3.8, 4) is 35.1 Å². The Morgan fingerprint density at radius 2 is 1.88 bits per heavy atom. The average Bonchev–Trinajstić information content (AvgIpc) is 3.41. The molecule has 2 aromatic heterocycles. The van der Waals surface area contributed by atoms with Crippen molar-refractivity contribution in [2.45, 2.75) is 56.1 Å². The smallest absolute Gasteiger partial charge is 0.216 e. The van der Waals surface area contributed by atoms with Crippen LogP contribution in [0.4, 0.5) is 10.1 Å². The lowest BCUT2D eigenvalue weighted by atomic mass is 9.94. The van der Waals surface area contributed by atoms with Crippen molar-refractivity contribution in [3.63, 3.8) is 0 Å². The van der Waals surface area contributed by atoms with Crippen LogP contribution >= 0.6 is 0 Å². The first kappa shape index (κ1) is 25.8. The van der Waals surface area contributed by atoms with Crippen molar-refractivity contribution in [3.05, 3.63) is 54.0 Å². The summed E-state index contributed by atoms with van der Waals surface area (Å²) in [6.07, 6.45) is 14.7. The number of piperazine rings is 1. The number of nitrogens with zero attached hydrogens (tertiary/aromatic N) is 4. The van der Waals surface area contributed by atoms with Crippen LogP contribution in [-0.4, -0.2) is 70.4 Å². The Labute approximate surface area is 244 Å². The van der Waals surface area contributed by atoms with Gasteiger partial charge >= 0.3 is 0 Å². The molecule has 1 aliphatic carbocycles. The summed E-state index contributed by atoms with van der Waals surface area (Å²) in [7, 11) is 0. The highest BCUT2D eigenvalue weighted by Gasteiger charge is 2.49. The van der Waals surface area contributed by atoms with E-state index in [1.807, 2.05) is 6.07 Å². The Morgan fingerprint density at radius 3 is 2.62 bits per heavy atom. The number of phenols is 1. The minimum atomic E-state index is -0.470. The standard InChI is InChI=1S/C34H34FN5O2/c1-2-26-28(35)8-5-21-13-25(41)15-27(32(21)26)22-14-29-33(36-17-22)30(39-18-23-6-7-24(19-39)37-23)16-31(38-29)42-20-34(9-10-34)40-11-3-4-12-40/h1,5,8,13-17,23-24,37,41H,3-4,6-7,9-12,18-20H2. The number of terminal acetylenes is 1. The molecular formula is C34H34FN5O2. The van der Waals surface area contributed by atoms with Gasteiger partial charge in [0, 0.05) is 48.4 Å². The second-order valence-electron chi connectivity index (χ2n) is 12.5. The van der Waals surface area contributed by atoms with Crippen molar-refractivity contribution in [2.75, 3.05) is 37.7 Å². The topological polar surface area (TPSA) is 73.8 Å². The molecular weight excluding hydrogens is 529 g/mol. The van der Waals surface area contributed by atoms with E-state index in [2.05, 4.69) is 27.1 Å². The Bertz CT molecular complexity index is 1750. The third-order valence-corrected chi connectivity index (χ3v) is 9.76. The molecule has 0 spiro atoms. The van der Waals surface area contributed by atoms with E-state index in [0.717, 1.165) is 37.4 Å². The van der Waals surface area contributed by atoms with Gasteiger partial charge in [0.2, 0.25) is 5.88 Å². The lowest BCUT2D eigenvalue weighted by Crippen LogP contribution is -2.51. The number of aromatic hydroxyl groups is 1. The van der Waals surface area contributed by atoms with Gasteiger partial charge in [-0.2, -0.15) is 0 Å². The van der Waals surface area contributed by atoms with E-state index in [-0.39, 0.29) is 16.9 Å². The molecule has 3 aliphatic heterocycles. The summed E-state index contributed by atoms with van der Waals surface area (Å²) < 4.78 is 21.3. The maximum atomic E-state index is 14.8. The number of halogens is 1. The molecule has 2 N–H and O–H groups in total. The van der Waals surface area contributed by atoms with E-state index in [0.29, 0.717) is 52.0 Å². The molecule has 214 valence electrons. The highest BCUT2D eigenvalue weighted by molar-refractivity contribution is 6.03. The van der Waals surface area contributed by atoms with E-state index in [9.17, 15) is 9.50 Å². The monoisotopic (exact) mass is 563 g/mol. The molecule has 2 aromatic carbocycles. The predicted molar refractivity (Wildman–Crippen MR) is 162 cm³/mol. The van der Waals surface area contributed by atoms with Crippen LogP contribution in [0.25, 0.3) is 32.9 Å². The van der Waals surface area contributed by atoms with Crippen molar-refractivity contribution in [1.82, 2.24) is 20.2 Å². The number of fused-ring (bicyclic) bond motifs is 4. The molecule has 2 atom stereocenters. The summed E-state index contributed by atoms with van der Waals surface area (Å²) in [4.78, 5) is 14.9. The van der Waals surface area contributed by atoms with Crippen LogP contribution in [0, 0.1) is 18.2 Å². The molecule has 1 saturated carbocycles. The molecule has 4 aromatic rings. The molecule has 0 amide bonds. The van der Waals surface area contributed by atoms with Crippen LogP contribution in [0.2, 0.25) is 0 Å². The van der Waals surface area contributed by atoms with Crippen molar-refractivity contribution < 1.29 is 14.2 Å². The molecule has 4 aliphatic rings.